The van der Waals surface area contributed by atoms with Crippen LogP contribution in [0.3, 0.4) is 0 Å². The van der Waals surface area contributed by atoms with E-state index in [9.17, 15) is 4.79 Å². The van der Waals surface area contributed by atoms with Crippen molar-refractivity contribution in [3.05, 3.63) is 65.7 Å². The number of carbonyl (C=O) groups is 1. The molecule has 3 rings (SSSR count). The molecule has 1 amide bonds. The molecule has 160 valence electrons. The lowest BCUT2D eigenvalue weighted by Crippen LogP contribution is -2.55. The molecule has 6 nitrogen and oxygen atoms in total. The molecule has 1 aliphatic heterocycles. The number of rotatable bonds is 10. The summed E-state index contributed by atoms with van der Waals surface area (Å²) in [5, 5.41) is 1.23. The zero-order chi connectivity index (χ0) is 21.3. The van der Waals surface area contributed by atoms with E-state index in [4.69, 9.17) is 9.57 Å². The number of amides is 1. The lowest BCUT2D eigenvalue weighted by molar-refractivity contribution is -0.229. The molecule has 2 N–H and O–H groups in total. The average Bonchev–Trinajstić information content (AvgIpc) is 2.80. The molecule has 0 bridgehead atoms. The van der Waals surface area contributed by atoms with Gasteiger partial charge in [-0.15, -0.1) is 10.7 Å². The summed E-state index contributed by atoms with van der Waals surface area (Å²) in [5.74, 6) is 0.540. The van der Waals surface area contributed by atoms with E-state index in [0.717, 1.165) is 49.0 Å². The van der Waals surface area contributed by atoms with Crippen molar-refractivity contribution in [2.24, 2.45) is 0 Å². The quantitative estimate of drug-likeness (QED) is 0.557. The van der Waals surface area contributed by atoms with Crippen molar-refractivity contribution in [1.82, 2.24) is 16.1 Å². The highest BCUT2D eigenvalue weighted by molar-refractivity contribution is 6.26. The van der Waals surface area contributed by atoms with E-state index < -0.39 is 0 Å². The Kier molecular flexibility index (Phi) is 7.88. The Morgan fingerprint density at radius 1 is 0.967 bits per heavy atom. The van der Waals surface area contributed by atoms with Crippen LogP contribution in [0.4, 0.5) is 0 Å². The number of nitrogens with zero attached hydrogens (tertiary/aromatic N) is 1. The third-order valence-corrected chi connectivity index (χ3v) is 5.21. The number of benzene rings is 2. The molecular formula is C24H31N3O3. The van der Waals surface area contributed by atoms with Crippen molar-refractivity contribution in [3.8, 4) is 5.75 Å². The SMILES string of the molecule is CCCCCC(CC)ON1NNC(c2ccc(OC)cc2)=C(c2ccccc2)C1=O. The maximum Gasteiger partial charge on any atom is 0.296 e. The standard InChI is InChI=1S/C24H31N3O3/c1-4-6-8-13-20(5-2)30-27-24(28)22(18-11-9-7-10-12-18)23(25-26-27)19-14-16-21(29-3)17-15-19/h7,9-12,14-17,20,25-26H,4-6,8,13H2,1-3H3. The van der Waals surface area contributed by atoms with Crippen LogP contribution in [0.5, 0.6) is 5.75 Å². The highest BCUT2D eigenvalue weighted by atomic mass is 16.7. The Morgan fingerprint density at radius 3 is 2.33 bits per heavy atom. The molecule has 0 saturated heterocycles. The van der Waals surface area contributed by atoms with Gasteiger partial charge in [-0.1, -0.05) is 63.4 Å². The molecule has 1 atom stereocenters. The topological polar surface area (TPSA) is 62.8 Å². The Bertz CT molecular complexity index is 850. The summed E-state index contributed by atoms with van der Waals surface area (Å²) in [7, 11) is 1.63. The number of nitrogens with one attached hydrogen (secondary N) is 2. The van der Waals surface area contributed by atoms with Crippen LogP contribution >= 0.6 is 0 Å². The number of hydrogen-bond donors (Lipinski definition) is 2. The number of unbranched alkanes of at least 4 members (excludes halogenated alkanes) is 2. The fraction of sp³-hybridized carbons (Fsp3) is 0.375. The molecule has 0 spiro atoms. The minimum Gasteiger partial charge on any atom is -0.497 e. The third kappa shape index (κ3) is 5.20. The molecule has 0 saturated carbocycles. The summed E-state index contributed by atoms with van der Waals surface area (Å²) in [5.41, 5.74) is 9.06. The first-order valence-electron chi connectivity index (χ1n) is 10.6. The second-order valence-corrected chi connectivity index (χ2v) is 7.31. The van der Waals surface area contributed by atoms with Crippen LogP contribution in [0.1, 0.15) is 57.1 Å². The number of methoxy groups -OCH3 is 1. The number of carbonyl (C=O) groups excluding carboxylic acids is 1. The minimum absolute atomic E-state index is 0.0191. The summed E-state index contributed by atoms with van der Waals surface area (Å²) >= 11 is 0. The van der Waals surface area contributed by atoms with Gasteiger partial charge in [-0.3, -0.25) is 9.63 Å². The first-order chi connectivity index (χ1) is 14.7. The van der Waals surface area contributed by atoms with Gasteiger partial charge < -0.3 is 10.2 Å². The first-order valence-corrected chi connectivity index (χ1v) is 10.6. The molecule has 2 aromatic carbocycles. The van der Waals surface area contributed by atoms with Crippen LogP contribution < -0.4 is 15.7 Å². The van der Waals surface area contributed by atoms with Gasteiger partial charge in [-0.05, 0) is 42.7 Å². The van der Waals surface area contributed by atoms with E-state index in [-0.39, 0.29) is 12.0 Å². The fourth-order valence-electron chi connectivity index (χ4n) is 3.45. The Morgan fingerprint density at radius 2 is 1.70 bits per heavy atom. The van der Waals surface area contributed by atoms with E-state index in [0.29, 0.717) is 11.3 Å². The Balaban J connectivity index is 1.90. The van der Waals surface area contributed by atoms with E-state index in [2.05, 4.69) is 24.8 Å². The lowest BCUT2D eigenvalue weighted by Gasteiger charge is -2.33. The van der Waals surface area contributed by atoms with Crippen molar-refractivity contribution in [1.29, 1.82) is 0 Å². The van der Waals surface area contributed by atoms with Gasteiger partial charge in [-0.2, -0.15) is 0 Å². The molecule has 1 unspecified atom stereocenters. The Labute approximate surface area is 178 Å². The summed E-state index contributed by atoms with van der Waals surface area (Å²) in [6, 6.07) is 17.3. The third-order valence-electron chi connectivity index (χ3n) is 5.21. The fourth-order valence-corrected chi connectivity index (χ4v) is 3.45. The smallest absolute Gasteiger partial charge is 0.296 e. The summed E-state index contributed by atoms with van der Waals surface area (Å²) in [6.07, 6.45) is 5.15. The van der Waals surface area contributed by atoms with Gasteiger partial charge in [0.05, 0.1) is 24.5 Å². The summed E-state index contributed by atoms with van der Waals surface area (Å²) in [4.78, 5) is 19.5. The van der Waals surface area contributed by atoms with E-state index >= 15 is 0 Å². The van der Waals surface area contributed by atoms with Crippen molar-refractivity contribution < 1.29 is 14.4 Å². The van der Waals surface area contributed by atoms with Gasteiger partial charge in [0.15, 0.2) is 0 Å². The second-order valence-electron chi connectivity index (χ2n) is 7.31. The van der Waals surface area contributed by atoms with Crippen molar-refractivity contribution in [2.75, 3.05) is 7.11 Å². The van der Waals surface area contributed by atoms with Crippen molar-refractivity contribution in [3.63, 3.8) is 0 Å². The van der Waals surface area contributed by atoms with Crippen molar-refractivity contribution in [2.45, 2.75) is 52.1 Å². The molecule has 30 heavy (non-hydrogen) atoms. The Hall–Kier alpha value is -2.83. The number of hydrazine groups is 2. The van der Waals surface area contributed by atoms with Gasteiger partial charge in [0.25, 0.3) is 5.91 Å². The zero-order valence-corrected chi connectivity index (χ0v) is 18.0. The second kappa shape index (κ2) is 10.8. The summed E-state index contributed by atoms with van der Waals surface area (Å²) < 4.78 is 5.26. The number of hydrogen-bond acceptors (Lipinski definition) is 5. The van der Waals surface area contributed by atoms with Crippen LogP contribution in [0.15, 0.2) is 54.6 Å². The van der Waals surface area contributed by atoms with Crippen LogP contribution in [-0.4, -0.2) is 24.3 Å². The first kappa shape index (κ1) is 21.9. The molecule has 2 aromatic rings. The molecule has 0 fully saturated rings. The average molecular weight is 410 g/mol. The monoisotopic (exact) mass is 409 g/mol. The molecule has 1 aliphatic rings. The van der Waals surface area contributed by atoms with Gasteiger partial charge >= 0.3 is 0 Å². The lowest BCUT2D eigenvalue weighted by atomic mass is 9.98. The predicted octanol–water partition coefficient (Wildman–Crippen LogP) is 4.71. The molecule has 6 heteroatoms. The van der Waals surface area contributed by atoms with Crippen LogP contribution in [0.2, 0.25) is 0 Å². The van der Waals surface area contributed by atoms with Gasteiger partial charge in [-0.25, -0.2) is 0 Å². The largest absolute Gasteiger partial charge is 0.497 e. The van der Waals surface area contributed by atoms with Gasteiger partial charge in [0, 0.05) is 5.56 Å². The predicted molar refractivity (Wildman–Crippen MR) is 119 cm³/mol. The van der Waals surface area contributed by atoms with Crippen molar-refractivity contribution >= 4 is 17.2 Å². The molecule has 0 aliphatic carbocycles. The molecule has 1 heterocycles. The number of ether oxygens (including phenoxy) is 1. The molecule has 0 aromatic heterocycles. The highest BCUT2D eigenvalue weighted by Gasteiger charge is 2.31. The van der Waals surface area contributed by atoms with E-state index in [1.807, 2.05) is 54.6 Å². The van der Waals surface area contributed by atoms with Gasteiger partial charge in [0.2, 0.25) is 0 Å². The normalized spacial score (nSPS) is 15.2. The maximum absolute atomic E-state index is 13.4. The van der Waals surface area contributed by atoms with E-state index in [1.165, 1.54) is 5.17 Å². The van der Waals surface area contributed by atoms with Crippen LogP contribution in [-0.2, 0) is 9.63 Å². The maximum atomic E-state index is 13.4. The van der Waals surface area contributed by atoms with E-state index in [1.54, 1.807) is 7.11 Å². The number of hydroxylamine groups is 1. The highest BCUT2D eigenvalue weighted by Crippen LogP contribution is 2.29. The van der Waals surface area contributed by atoms with Gasteiger partial charge in [0.1, 0.15) is 5.75 Å². The minimum atomic E-state index is -0.222. The zero-order valence-electron chi connectivity index (χ0n) is 18.0. The van der Waals surface area contributed by atoms with Crippen LogP contribution in [0, 0.1) is 0 Å². The summed E-state index contributed by atoms with van der Waals surface area (Å²) in [6.45, 7) is 4.26. The molecule has 0 radical (unpaired) electrons. The van der Waals surface area contributed by atoms with Crippen LogP contribution in [0.25, 0.3) is 11.3 Å². The molecular weight excluding hydrogens is 378 g/mol.